The average molecular weight is 279 g/mol. The maximum absolute atomic E-state index is 5.54. The summed E-state index contributed by atoms with van der Waals surface area (Å²) < 4.78 is 16.3. The first-order valence-corrected chi connectivity index (χ1v) is 6.86. The van der Waals surface area contributed by atoms with Gasteiger partial charge in [-0.1, -0.05) is 13.0 Å². The van der Waals surface area contributed by atoms with Gasteiger partial charge in [-0.25, -0.2) is 0 Å². The van der Waals surface area contributed by atoms with Gasteiger partial charge in [-0.3, -0.25) is 0 Å². The molecule has 0 fully saturated rings. The predicted molar refractivity (Wildman–Crippen MR) is 81.9 cm³/mol. The van der Waals surface area contributed by atoms with Gasteiger partial charge in [-0.2, -0.15) is 0 Å². The Balaban J connectivity index is 3.22. The van der Waals surface area contributed by atoms with Crippen LogP contribution in [0.5, 0.6) is 17.2 Å². The molecule has 0 saturated heterocycles. The molecule has 4 heteroatoms. The summed E-state index contributed by atoms with van der Waals surface area (Å²) in [6.45, 7) is 6.91. The van der Waals surface area contributed by atoms with Gasteiger partial charge in [0.15, 0.2) is 11.5 Å². The molecule has 20 heavy (non-hydrogen) atoms. The van der Waals surface area contributed by atoms with Gasteiger partial charge in [-0.15, -0.1) is 6.58 Å². The first kappa shape index (κ1) is 16.4. The molecule has 1 unspecified atom stereocenters. The Labute approximate surface area is 121 Å². The average Bonchev–Trinajstić information content (AvgIpc) is 2.49. The van der Waals surface area contributed by atoms with E-state index in [4.69, 9.17) is 14.2 Å². The van der Waals surface area contributed by atoms with Crippen LogP contribution >= 0.6 is 0 Å². The fourth-order valence-corrected chi connectivity index (χ4v) is 2.20. The molecule has 0 radical (unpaired) electrons. The van der Waals surface area contributed by atoms with Gasteiger partial charge < -0.3 is 19.5 Å². The smallest absolute Gasteiger partial charge is 0.203 e. The third-order valence-electron chi connectivity index (χ3n) is 3.15. The molecule has 0 spiro atoms. The Morgan fingerprint density at radius 2 is 1.85 bits per heavy atom. The highest BCUT2D eigenvalue weighted by atomic mass is 16.5. The summed E-state index contributed by atoms with van der Waals surface area (Å²) in [5.41, 5.74) is 1.05. The zero-order valence-corrected chi connectivity index (χ0v) is 12.9. The van der Waals surface area contributed by atoms with Crippen LogP contribution in [0.1, 0.15) is 31.4 Å². The minimum absolute atomic E-state index is 0.155. The van der Waals surface area contributed by atoms with E-state index in [1.807, 2.05) is 18.2 Å². The fraction of sp³-hybridized carbons (Fsp3) is 0.500. The number of benzene rings is 1. The van der Waals surface area contributed by atoms with Crippen LogP contribution in [0.15, 0.2) is 24.8 Å². The lowest BCUT2D eigenvalue weighted by Gasteiger charge is -2.22. The molecule has 1 atom stereocenters. The maximum atomic E-state index is 5.54. The summed E-state index contributed by atoms with van der Waals surface area (Å²) in [6, 6.07) is 4.07. The lowest BCUT2D eigenvalue weighted by Crippen LogP contribution is -2.22. The van der Waals surface area contributed by atoms with Gasteiger partial charge in [0.2, 0.25) is 5.75 Å². The van der Waals surface area contributed by atoms with Gasteiger partial charge in [0, 0.05) is 11.6 Å². The van der Waals surface area contributed by atoms with Crippen molar-refractivity contribution in [3.05, 3.63) is 30.4 Å². The quantitative estimate of drug-likeness (QED) is 0.704. The molecular weight excluding hydrogens is 254 g/mol. The lowest BCUT2D eigenvalue weighted by atomic mass is 10.0. The van der Waals surface area contributed by atoms with Gasteiger partial charge >= 0.3 is 0 Å². The predicted octanol–water partition coefficient (Wildman–Crippen LogP) is 3.33. The summed E-state index contributed by atoms with van der Waals surface area (Å²) in [5.74, 6) is 2.00. The summed E-state index contributed by atoms with van der Waals surface area (Å²) in [5, 5.41) is 3.50. The highest BCUT2D eigenvalue weighted by molar-refractivity contribution is 5.56. The van der Waals surface area contributed by atoms with E-state index in [-0.39, 0.29) is 6.04 Å². The number of hydrogen-bond donors (Lipinski definition) is 1. The van der Waals surface area contributed by atoms with Crippen molar-refractivity contribution < 1.29 is 14.2 Å². The summed E-state index contributed by atoms with van der Waals surface area (Å²) in [7, 11) is 4.88. The Bertz CT molecular complexity index is 432. The summed E-state index contributed by atoms with van der Waals surface area (Å²) in [6.07, 6.45) is 3.80. The van der Waals surface area contributed by atoms with Crippen LogP contribution < -0.4 is 19.5 Å². The van der Waals surface area contributed by atoms with Crippen LogP contribution in [-0.4, -0.2) is 27.9 Å². The third kappa shape index (κ3) is 3.67. The van der Waals surface area contributed by atoms with Crippen LogP contribution in [0.2, 0.25) is 0 Å². The molecule has 0 aliphatic heterocycles. The van der Waals surface area contributed by atoms with Crippen molar-refractivity contribution in [1.82, 2.24) is 5.32 Å². The molecular formula is C16H25NO3. The molecule has 0 aliphatic rings. The molecule has 1 aromatic carbocycles. The Hall–Kier alpha value is -1.68. The van der Waals surface area contributed by atoms with Crippen molar-refractivity contribution >= 4 is 0 Å². The minimum Gasteiger partial charge on any atom is -0.493 e. The second-order valence-electron chi connectivity index (χ2n) is 4.45. The maximum Gasteiger partial charge on any atom is 0.203 e. The Morgan fingerprint density at radius 1 is 1.15 bits per heavy atom. The molecule has 0 bridgehead atoms. The Kier molecular flexibility index (Phi) is 6.94. The number of ether oxygens (including phenoxy) is 3. The van der Waals surface area contributed by atoms with Crippen molar-refractivity contribution in [2.75, 3.05) is 27.9 Å². The van der Waals surface area contributed by atoms with Crippen LogP contribution in [0.4, 0.5) is 0 Å². The van der Waals surface area contributed by atoms with E-state index in [0.29, 0.717) is 17.2 Å². The number of methoxy groups -OCH3 is 3. The lowest BCUT2D eigenvalue weighted by molar-refractivity contribution is 0.319. The molecule has 4 nitrogen and oxygen atoms in total. The second-order valence-corrected chi connectivity index (χ2v) is 4.45. The highest BCUT2D eigenvalue weighted by Crippen LogP contribution is 2.42. The first-order valence-electron chi connectivity index (χ1n) is 6.86. The molecule has 1 aromatic rings. The van der Waals surface area contributed by atoms with Crippen molar-refractivity contribution in [2.24, 2.45) is 0 Å². The third-order valence-corrected chi connectivity index (χ3v) is 3.15. The van der Waals surface area contributed by atoms with Gasteiger partial charge in [-0.05, 0) is 31.5 Å². The fourth-order valence-electron chi connectivity index (χ4n) is 2.20. The molecule has 0 amide bonds. The van der Waals surface area contributed by atoms with Crippen LogP contribution in [0.3, 0.4) is 0 Å². The van der Waals surface area contributed by atoms with E-state index in [1.54, 1.807) is 21.3 Å². The van der Waals surface area contributed by atoms with Crippen molar-refractivity contribution in [3.8, 4) is 17.2 Å². The minimum atomic E-state index is 0.155. The number of rotatable bonds is 9. The van der Waals surface area contributed by atoms with Crippen molar-refractivity contribution in [2.45, 2.75) is 25.8 Å². The van der Waals surface area contributed by atoms with Crippen molar-refractivity contribution in [1.29, 1.82) is 0 Å². The molecule has 1 rings (SSSR count). The van der Waals surface area contributed by atoms with Crippen molar-refractivity contribution in [3.63, 3.8) is 0 Å². The van der Waals surface area contributed by atoms with Gasteiger partial charge in [0.25, 0.3) is 0 Å². The standard InChI is InChI=1S/C16H25NO3/c1-6-8-13(17-11-7-2)12-9-10-14(18-3)16(20-5)15(12)19-4/h6,9-10,13,17H,1,7-8,11H2,2-5H3. The van der Waals surface area contributed by atoms with E-state index in [9.17, 15) is 0 Å². The SMILES string of the molecule is C=CCC(NCCC)c1ccc(OC)c(OC)c1OC. The molecule has 0 aromatic heterocycles. The molecule has 112 valence electrons. The van der Waals surface area contributed by atoms with E-state index in [2.05, 4.69) is 18.8 Å². The van der Waals surface area contributed by atoms with E-state index >= 15 is 0 Å². The number of nitrogens with one attached hydrogen (secondary N) is 1. The van der Waals surface area contributed by atoms with Gasteiger partial charge in [0.05, 0.1) is 21.3 Å². The monoisotopic (exact) mass is 279 g/mol. The van der Waals surface area contributed by atoms with E-state index in [1.165, 1.54) is 0 Å². The summed E-state index contributed by atoms with van der Waals surface area (Å²) >= 11 is 0. The second kappa shape index (κ2) is 8.48. The van der Waals surface area contributed by atoms with E-state index in [0.717, 1.165) is 24.9 Å². The van der Waals surface area contributed by atoms with E-state index < -0.39 is 0 Å². The topological polar surface area (TPSA) is 39.7 Å². The number of hydrogen-bond acceptors (Lipinski definition) is 4. The molecule has 0 heterocycles. The molecule has 0 saturated carbocycles. The van der Waals surface area contributed by atoms with Gasteiger partial charge in [0.1, 0.15) is 0 Å². The van der Waals surface area contributed by atoms with Crippen LogP contribution in [0.25, 0.3) is 0 Å². The van der Waals surface area contributed by atoms with Crippen LogP contribution in [-0.2, 0) is 0 Å². The highest BCUT2D eigenvalue weighted by Gasteiger charge is 2.21. The zero-order valence-electron chi connectivity index (χ0n) is 12.9. The first-order chi connectivity index (χ1) is 9.73. The molecule has 0 aliphatic carbocycles. The summed E-state index contributed by atoms with van der Waals surface area (Å²) in [4.78, 5) is 0. The zero-order chi connectivity index (χ0) is 15.0. The normalized spacial score (nSPS) is 11.8. The Morgan fingerprint density at radius 3 is 2.35 bits per heavy atom. The van der Waals surface area contributed by atoms with Crippen LogP contribution in [0, 0.1) is 0 Å². The molecule has 1 N–H and O–H groups in total. The largest absolute Gasteiger partial charge is 0.493 e.